The predicted molar refractivity (Wildman–Crippen MR) is 44.5 cm³/mol. The predicted octanol–water partition coefficient (Wildman–Crippen LogP) is -0.443. The van der Waals surface area contributed by atoms with Crippen molar-refractivity contribution in [1.29, 1.82) is 0 Å². The molecule has 0 aromatic carbocycles. The van der Waals surface area contributed by atoms with Gasteiger partial charge >= 0.3 is 0 Å². The first-order valence-corrected chi connectivity index (χ1v) is 3.74. The third-order valence-electron chi connectivity index (χ3n) is 2.16. The van der Waals surface area contributed by atoms with Gasteiger partial charge in [-0.3, -0.25) is 0 Å². The van der Waals surface area contributed by atoms with Gasteiger partial charge in [0.25, 0.3) is 0 Å². The van der Waals surface area contributed by atoms with E-state index in [1.807, 2.05) is 0 Å². The Kier molecular flexibility index (Phi) is 2.46. The van der Waals surface area contributed by atoms with Crippen LogP contribution < -0.4 is 11.1 Å². The SMILES string of the molecule is CO/N=C1\CNCC1(C)CN. The van der Waals surface area contributed by atoms with E-state index in [4.69, 9.17) is 10.6 Å². The minimum absolute atomic E-state index is 0.00396. The van der Waals surface area contributed by atoms with E-state index < -0.39 is 0 Å². The first-order valence-electron chi connectivity index (χ1n) is 3.74. The van der Waals surface area contributed by atoms with Crippen LogP contribution in [0.3, 0.4) is 0 Å². The highest BCUT2D eigenvalue weighted by atomic mass is 16.6. The summed E-state index contributed by atoms with van der Waals surface area (Å²) in [6.45, 7) is 4.39. The molecule has 4 heteroatoms. The molecule has 0 radical (unpaired) electrons. The lowest BCUT2D eigenvalue weighted by atomic mass is 9.88. The Morgan fingerprint density at radius 2 is 2.55 bits per heavy atom. The van der Waals surface area contributed by atoms with Gasteiger partial charge in [0, 0.05) is 25.0 Å². The van der Waals surface area contributed by atoms with E-state index in [0.29, 0.717) is 6.54 Å². The van der Waals surface area contributed by atoms with E-state index >= 15 is 0 Å². The van der Waals surface area contributed by atoms with E-state index in [-0.39, 0.29) is 5.41 Å². The standard InChI is InChI=1S/C7H15N3O/c1-7(4-8)5-9-3-6(7)10-11-2/h9H,3-5,8H2,1-2H3/b10-6+. The van der Waals surface area contributed by atoms with Crippen LogP contribution >= 0.6 is 0 Å². The molecule has 1 rings (SSSR count). The molecule has 0 aromatic heterocycles. The summed E-state index contributed by atoms with van der Waals surface area (Å²) in [4.78, 5) is 4.72. The summed E-state index contributed by atoms with van der Waals surface area (Å²) in [5.74, 6) is 0. The maximum absolute atomic E-state index is 5.61. The number of nitrogens with two attached hydrogens (primary N) is 1. The van der Waals surface area contributed by atoms with Gasteiger partial charge in [-0.15, -0.1) is 0 Å². The number of oxime groups is 1. The summed E-state index contributed by atoms with van der Waals surface area (Å²) in [6.07, 6.45) is 0. The molecule has 0 spiro atoms. The fourth-order valence-corrected chi connectivity index (χ4v) is 1.21. The Morgan fingerprint density at radius 3 is 3.09 bits per heavy atom. The average Bonchev–Trinajstić information content (AvgIpc) is 2.35. The van der Waals surface area contributed by atoms with Gasteiger partial charge < -0.3 is 15.9 Å². The number of nitrogens with one attached hydrogen (secondary N) is 1. The van der Waals surface area contributed by atoms with E-state index in [0.717, 1.165) is 18.8 Å². The lowest BCUT2D eigenvalue weighted by Gasteiger charge is -2.19. The van der Waals surface area contributed by atoms with Crippen LogP contribution in [0.5, 0.6) is 0 Å². The van der Waals surface area contributed by atoms with Crippen LogP contribution in [-0.4, -0.2) is 32.5 Å². The van der Waals surface area contributed by atoms with Crippen LogP contribution in [0.15, 0.2) is 5.16 Å². The zero-order valence-electron chi connectivity index (χ0n) is 7.05. The van der Waals surface area contributed by atoms with Gasteiger partial charge in [0.05, 0.1) is 5.71 Å². The summed E-state index contributed by atoms with van der Waals surface area (Å²) in [6, 6.07) is 0. The second-order valence-electron chi connectivity index (χ2n) is 3.09. The zero-order chi connectivity index (χ0) is 8.32. The van der Waals surface area contributed by atoms with Crippen molar-refractivity contribution >= 4 is 5.71 Å². The average molecular weight is 157 g/mol. The molecule has 1 atom stereocenters. The quantitative estimate of drug-likeness (QED) is 0.534. The highest BCUT2D eigenvalue weighted by Gasteiger charge is 2.34. The van der Waals surface area contributed by atoms with E-state index in [1.165, 1.54) is 0 Å². The van der Waals surface area contributed by atoms with Crippen LogP contribution in [0.25, 0.3) is 0 Å². The lowest BCUT2D eigenvalue weighted by molar-refractivity contribution is 0.209. The van der Waals surface area contributed by atoms with Crippen molar-refractivity contribution in [1.82, 2.24) is 5.32 Å². The van der Waals surface area contributed by atoms with Gasteiger partial charge in [0.1, 0.15) is 7.11 Å². The Balaban J connectivity index is 2.72. The van der Waals surface area contributed by atoms with Crippen molar-refractivity contribution in [2.45, 2.75) is 6.92 Å². The van der Waals surface area contributed by atoms with Gasteiger partial charge in [-0.05, 0) is 0 Å². The summed E-state index contributed by atoms with van der Waals surface area (Å²) >= 11 is 0. The fourth-order valence-electron chi connectivity index (χ4n) is 1.21. The molecule has 0 aliphatic carbocycles. The van der Waals surface area contributed by atoms with E-state index in [2.05, 4.69) is 17.4 Å². The van der Waals surface area contributed by atoms with Crippen LogP contribution in [0.4, 0.5) is 0 Å². The highest BCUT2D eigenvalue weighted by molar-refractivity contribution is 5.93. The molecule has 1 aliphatic rings. The molecule has 4 nitrogen and oxygen atoms in total. The zero-order valence-corrected chi connectivity index (χ0v) is 7.05. The molecular weight excluding hydrogens is 142 g/mol. The van der Waals surface area contributed by atoms with Gasteiger partial charge in [0.15, 0.2) is 0 Å². The minimum Gasteiger partial charge on any atom is -0.399 e. The molecule has 3 N–H and O–H groups in total. The van der Waals surface area contributed by atoms with Crippen molar-refractivity contribution < 1.29 is 4.84 Å². The Morgan fingerprint density at radius 1 is 1.82 bits per heavy atom. The number of hydrogen-bond donors (Lipinski definition) is 2. The van der Waals surface area contributed by atoms with Crippen molar-refractivity contribution in [2.24, 2.45) is 16.3 Å². The molecule has 0 saturated carbocycles. The number of rotatable bonds is 2. The molecule has 1 aliphatic heterocycles. The molecule has 64 valence electrons. The minimum atomic E-state index is -0.00396. The van der Waals surface area contributed by atoms with Gasteiger partial charge in [0.2, 0.25) is 0 Å². The molecule has 1 unspecified atom stereocenters. The third kappa shape index (κ3) is 1.52. The van der Waals surface area contributed by atoms with E-state index in [9.17, 15) is 0 Å². The first-order chi connectivity index (χ1) is 5.23. The van der Waals surface area contributed by atoms with Crippen molar-refractivity contribution in [3.05, 3.63) is 0 Å². The maximum atomic E-state index is 5.61. The monoisotopic (exact) mass is 157 g/mol. The summed E-state index contributed by atoms with van der Waals surface area (Å²) in [5.41, 5.74) is 6.62. The molecule has 1 fully saturated rings. The number of nitrogens with zero attached hydrogens (tertiary/aromatic N) is 1. The summed E-state index contributed by atoms with van der Waals surface area (Å²) in [5, 5.41) is 7.13. The van der Waals surface area contributed by atoms with Crippen molar-refractivity contribution in [3.8, 4) is 0 Å². The largest absolute Gasteiger partial charge is 0.399 e. The van der Waals surface area contributed by atoms with Gasteiger partial charge in [-0.25, -0.2) is 0 Å². The van der Waals surface area contributed by atoms with Crippen molar-refractivity contribution in [2.75, 3.05) is 26.7 Å². The molecule has 1 saturated heterocycles. The molecule has 0 amide bonds. The lowest BCUT2D eigenvalue weighted by Crippen LogP contribution is -2.35. The molecular formula is C7H15N3O. The second kappa shape index (κ2) is 3.19. The van der Waals surface area contributed by atoms with E-state index in [1.54, 1.807) is 7.11 Å². The Bertz CT molecular complexity index is 169. The molecule has 0 aromatic rings. The molecule has 1 heterocycles. The van der Waals surface area contributed by atoms with Crippen LogP contribution in [-0.2, 0) is 4.84 Å². The number of hydrogen-bond acceptors (Lipinski definition) is 4. The molecule has 11 heavy (non-hydrogen) atoms. The Labute approximate surface area is 66.8 Å². The van der Waals surface area contributed by atoms with Crippen molar-refractivity contribution in [3.63, 3.8) is 0 Å². The third-order valence-corrected chi connectivity index (χ3v) is 2.16. The fraction of sp³-hybridized carbons (Fsp3) is 0.857. The highest BCUT2D eigenvalue weighted by Crippen LogP contribution is 2.20. The normalized spacial score (nSPS) is 34.6. The molecule has 0 bridgehead atoms. The maximum Gasteiger partial charge on any atom is 0.106 e. The summed E-state index contributed by atoms with van der Waals surface area (Å²) < 4.78 is 0. The van der Waals surface area contributed by atoms with Crippen LogP contribution in [0.1, 0.15) is 6.92 Å². The summed E-state index contributed by atoms with van der Waals surface area (Å²) in [7, 11) is 1.56. The van der Waals surface area contributed by atoms with Gasteiger partial charge in [-0.1, -0.05) is 12.1 Å². The second-order valence-corrected chi connectivity index (χ2v) is 3.09. The smallest absolute Gasteiger partial charge is 0.106 e. The van der Waals surface area contributed by atoms with Gasteiger partial charge in [-0.2, -0.15) is 0 Å². The Hall–Kier alpha value is -0.610. The van der Waals surface area contributed by atoms with Crippen LogP contribution in [0.2, 0.25) is 0 Å². The topological polar surface area (TPSA) is 59.6 Å². The van der Waals surface area contributed by atoms with Crippen LogP contribution in [0, 0.1) is 5.41 Å². The first kappa shape index (κ1) is 8.49.